The number of hydrogen-bond donors (Lipinski definition) is 1. The highest BCUT2D eigenvalue weighted by Crippen LogP contribution is 2.39. The van der Waals surface area contributed by atoms with Crippen molar-refractivity contribution in [3.63, 3.8) is 0 Å². The Morgan fingerprint density at radius 2 is 1.72 bits per heavy atom. The van der Waals surface area contributed by atoms with Crippen molar-refractivity contribution >= 4 is 11.8 Å². The second-order valence-corrected chi connectivity index (χ2v) is 10.6. The second-order valence-electron chi connectivity index (χ2n) is 10.6. The predicted molar refractivity (Wildman–Crippen MR) is 141 cm³/mol. The van der Waals surface area contributed by atoms with Gasteiger partial charge < -0.3 is 19.9 Å². The van der Waals surface area contributed by atoms with Crippen LogP contribution in [0.2, 0.25) is 0 Å². The molecule has 1 saturated heterocycles. The molecule has 2 aromatic rings. The summed E-state index contributed by atoms with van der Waals surface area (Å²) in [6, 6.07) is 14.5. The van der Waals surface area contributed by atoms with Crippen LogP contribution in [0, 0.1) is 12.8 Å². The van der Waals surface area contributed by atoms with E-state index < -0.39 is 0 Å². The van der Waals surface area contributed by atoms with Gasteiger partial charge in [-0.2, -0.15) is 0 Å². The third kappa shape index (κ3) is 5.75. The van der Waals surface area contributed by atoms with Gasteiger partial charge in [0.15, 0.2) is 6.61 Å². The van der Waals surface area contributed by atoms with Gasteiger partial charge in [0.25, 0.3) is 5.91 Å². The van der Waals surface area contributed by atoms with E-state index in [1.807, 2.05) is 12.1 Å². The van der Waals surface area contributed by atoms with Crippen LogP contribution >= 0.6 is 0 Å². The third-order valence-corrected chi connectivity index (χ3v) is 8.05. The topological polar surface area (TPSA) is 61.9 Å². The van der Waals surface area contributed by atoms with Crippen molar-refractivity contribution in [2.75, 3.05) is 39.3 Å². The first-order chi connectivity index (χ1) is 17.6. The lowest BCUT2D eigenvalue weighted by Gasteiger charge is -2.39. The molecular formula is C30H39N3O3. The fourth-order valence-corrected chi connectivity index (χ4v) is 6.00. The predicted octanol–water partition coefficient (Wildman–Crippen LogP) is 4.25. The van der Waals surface area contributed by atoms with Crippen molar-refractivity contribution in [1.29, 1.82) is 0 Å². The number of fused-ring (bicyclic) bond motifs is 1. The highest BCUT2D eigenvalue weighted by atomic mass is 16.5. The molecule has 5 rings (SSSR count). The summed E-state index contributed by atoms with van der Waals surface area (Å²) in [5, 5.41) is 2.98. The zero-order chi connectivity index (χ0) is 24.9. The van der Waals surface area contributed by atoms with Gasteiger partial charge in [-0.15, -0.1) is 0 Å². The van der Waals surface area contributed by atoms with Crippen LogP contribution in [0.25, 0.3) is 0 Å². The molecule has 3 aliphatic rings. The quantitative estimate of drug-likeness (QED) is 0.602. The average molecular weight is 490 g/mol. The van der Waals surface area contributed by atoms with Crippen molar-refractivity contribution < 1.29 is 14.3 Å². The minimum absolute atomic E-state index is 0.00129. The van der Waals surface area contributed by atoms with Crippen LogP contribution in [-0.4, -0.2) is 60.9 Å². The number of amides is 2. The van der Waals surface area contributed by atoms with Crippen LogP contribution < -0.4 is 10.1 Å². The lowest BCUT2D eigenvalue weighted by atomic mass is 9.86. The van der Waals surface area contributed by atoms with E-state index in [-0.39, 0.29) is 30.4 Å². The van der Waals surface area contributed by atoms with Gasteiger partial charge in [0, 0.05) is 25.6 Å². The maximum absolute atomic E-state index is 13.6. The summed E-state index contributed by atoms with van der Waals surface area (Å²) in [5.41, 5.74) is 4.70. The van der Waals surface area contributed by atoms with Crippen LogP contribution in [0.15, 0.2) is 42.5 Å². The molecule has 0 radical (unpaired) electrons. The second kappa shape index (κ2) is 11.5. The maximum Gasteiger partial charge on any atom is 0.257 e. The van der Waals surface area contributed by atoms with E-state index in [9.17, 15) is 9.59 Å². The smallest absolute Gasteiger partial charge is 0.257 e. The van der Waals surface area contributed by atoms with Crippen molar-refractivity contribution in [1.82, 2.24) is 15.1 Å². The molecule has 0 spiro atoms. The van der Waals surface area contributed by atoms with Crippen LogP contribution in [0.3, 0.4) is 0 Å². The van der Waals surface area contributed by atoms with Gasteiger partial charge in [-0.25, -0.2) is 0 Å². The zero-order valence-electron chi connectivity index (χ0n) is 21.5. The van der Waals surface area contributed by atoms with E-state index in [0.29, 0.717) is 12.3 Å². The van der Waals surface area contributed by atoms with Gasteiger partial charge in [0.2, 0.25) is 5.91 Å². The van der Waals surface area contributed by atoms with Gasteiger partial charge >= 0.3 is 0 Å². The highest BCUT2D eigenvalue weighted by Gasteiger charge is 2.36. The number of likely N-dealkylation sites (tertiary alicyclic amines) is 1. The van der Waals surface area contributed by atoms with Crippen LogP contribution in [-0.2, 0) is 16.0 Å². The molecule has 2 heterocycles. The molecule has 6 nitrogen and oxygen atoms in total. The number of hydrogen-bond acceptors (Lipinski definition) is 4. The molecule has 6 heteroatoms. The fraction of sp³-hybridized carbons (Fsp3) is 0.533. The van der Waals surface area contributed by atoms with E-state index in [1.54, 1.807) is 0 Å². The Hall–Kier alpha value is -2.86. The SMILES string of the molecule is Cc1ccc(C2c3cc(OCC(=O)NCCN4CCCC4)ccc3CCN2C(=O)C2CCCC2)cc1. The largest absolute Gasteiger partial charge is 0.484 e. The molecule has 2 amide bonds. The number of rotatable bonds is 8. The normalized spacial score (nSPS) is 20.4. The van der Waals surface area contributed by atoms with Crippen molar-refractivity contribution in [2.24, 2.45) is 5.92 Å². The zero-order valence-corrected chi connectivity index (χ0v) is 21.5. The Morgan fingerprint density at radius 1 is 0.972 bits per heavy atom. The minimum Gasteiger partial charge on any atom is -0.484 e. The number of carbonyl (C=O) groups is 2. The molecule has 1 N–H and O–H groups in total. The Morgan fingerprint density at radius 3 is 2.47 bits per heavy atom. The molecule has 1 saturated carbocycles. The summed E-state index contributed by atoms with van der Waals surface area (Å²) >= 11 is 0. The summed E-state index contributed by atoms with van der Waals surface area (Å²) < 4.78 is 5.93. The van der Waals surface area contributed by atoms with E-state index in [0.717, 1.165) is 69.4 Å². The highest BCUT2D eigenvalue weighted by molar-refractivity contribution is 5.80. The summed E-state index contributed by atoms with van der Waals surface area (Å²) in [6.07, 6.45) is 7.64. The summed E-state index contributed by atoms with van der Waals surface area (Å²) in [5.74, 6) is 1.01. The van der Waals surface area contributed by atoms with Crippen LogP contribution in [0.1, 0.15) is 66.8 Å². The molecule has 0 aromatic heterocycles. The van der Waals surface area contributed by atoms with Crippen molar-refractivity contribution in [3.8, 4) is 5.75 Å². The number of nitrogens with zero attached hydrogens (tertiary/aromatic N) is 2. The molecule has 1 aliphatic carbocycles. The van der Waals surface area contributed by atoms with E-state index >= 15 is 0 Å². The number of carbonyl (C=O) groups excluding carboxylic acids is 2. The average Bonchev–Trinajstić information content (AvgIpc) is 3.62. The first-order valence-corrected chi connectivity index (χ1v) is 13.7. The lowest BCUT2D eigenvalue weighted by molar-refractivity contribution is -0.137. The molecule has 2 aromatic carbocycles. The van der Waals surface area contributed by atoms with Crippen molar-refractivity contribution in [3.05, 3.63) is 64.7 Å². The molecule has 2 aliphatic heterocycles. The van der Waals surface area contributed by atoms with Crippen LogP contribution in [0.4, 0.5) is 0 Å². The molecule has 1 atom stereocenters. The third-order valence-electron chi connectivity index (χ3n) is 8.05. The lowest BCUT2D eigenvalue weighted by Crippen LogP contribution is -2.43. The number of benzene rings is 2. The fourth-order valence-electron chi connectivity index (χ4n) is 6.00. The van der Waals surface area contributed by atoms with E-state index in [4.69, 9.17) is 4.74 Å². The first kappa shape index (κ1) is 24.8. The summed E-state index contributed by atoms with van der Waals surface area (Å²) in [6.45, 7) is 6.63. The van der Waals surface area contributed by atoms with Gasteiger partial charge in [-0.3, -0.25) is 9.59 Å². The maximum atomic E-state index is 13.6. The van der Waals surface area contributed by atoms with E-state index in [1.165, 1.54) is 24.0 Å². The Labute approximate surface area is 215 Å². The van der Waals surface area contributed by atoms with Gasteiger partial charge in [-0.05, 0) is 80.9 Å². The van der Waals surface area contributed by atoms with Gasteiger partial charge in [0.1, 0.15) is 5.75 Å². The number of nitrogens with one attached hydrogen (secondary N) is 1. The molecule has 2 fully saturated rings. The number of ether oxygens (including phenoxy) is 1. The minimum atomic E-state index is -0.125. The molecule has 36 heavy (non-hydrogen) atoms. The summed E-state index contributed by atoms with van der Waals surface area (Å²) in [4.78, 5) is 30.5. The van der Waals surface area contributed by atoms with Gasteiger partial charge in [-0.1, -0.05) is 48.7 Å². The Bertz CT molecular complexity index is 1060. The Kier molecular flexibility index (Phi) is 7.90. The molecule has 0 bridgehead atoms. The molecule has 1 unspecified atom stereocenters. The number of aryl methyl sites for hydroxylation is 1. The van der Waals surface area contributed by atoms with Crippen molar-refractivity contribution in [2.45, 2.75) is 57.9 Å². The molecule has 192 valence electrons. The van der Waals surface area contributed by atoms with E-state index in [2.05, 4.69) is 52.4 Å². The summed E-state index contributed by atoms with van der Waals surface area (Å²) in [7, 11) is 0. The van der Waals surface area contributed by atoms with Crippen LogP contribution in [0.5, 0.6) is 5.75 Å². The first-order valence-electron chi connectivity index (χ1n) is 13.7. The monoisotopic (exact) mass is 489 g/mol. The molecular weight excluding hydrogens is 450 g/mol. The standard InChI is InChI=1S/C30H39N3O3/c1-22-8-10-24(11-9-22)29-27-20-26(36-21-28(34)31-15-19-32-16-4-5-17-32)13-12-23(27)14-18-33(29)30(35)25-6-2-3-7-25/h8-13,20,25,29H,2-7,14-19,21H2,1H3,(H,31,34). The Balaban J connectivity index is 1.30. The van der Waals surface area contributed by atoms with Gasteiger partial charge in [0.05, 0.1) is 6.04 Å².